The summed E-state index contributed by atoms with van der Waals surface area (Å²) < 4.78 is 6.48. The lowest BCUT2D eigenvalue weighted by Gasteiger charge is -2.12. The summed E-state index contributed by atoms with van der Waals surface area (Å²) >= 11 is 10.3. The molecule has 166 valence electrons. The van der Waals surface area contributed by atoms with Crippen molar-refractivity contribution in [1.82, 2.24) is 0 Å². The molecule has 0 atom stereocenters. The minimum absolute atomic E-state index is 0.212. The van der Waals surface area contributed by atoms with E-state index in [1.54, 1.807) is 60.7 Å². The fourth-order valence-electron chi connectivity index (χ4n) is 3.09. The highest BCUT2D eigenvalue weighted by Gasteiger charge is 2.36. The molecule has 3 aromatic carbocycles. The normalized spacial score (nSPS) is 14.7. The van der Waals surface area contributed by atoms with E-state index < -0.39 is 11.9 Å². The number of rotatable bonds is 6. The van der Waals surface area contributed by atoms with Gasteiger partial charge in [-0.15, -0.1) is 0 Å². The number of amides is 2. The van der Waals surface area contributed by atoms with Gasteiger partial charge in [0.15, 0.2) is 0 Å². The van der Waals surface area contributed by atoms with Crippen LogP contribution in [0.5, 0.6) is 5.75 Å². The first-order valence-electron chi connectivity index (χ1n) is 9.60. The number of hydrogen-bond donors (Lipinski definition) is 1. The molecule has 1 aliphatic rings. The lowest BCUT2D eigenvalue weighted by atomic mass is 10.1. The number of halogens is 2. The van der Waals surface area contributed by atoms with Crippen molar-refractivity contribution in [3.63, 3.8) is 0 Å². The molecule has 0 unspecified atom stereocenters. The number of aromatic carboxylic acids is 1. The number of carbonyl (C=O) groups is 3. The quantitative estimate of drug-likeness (QED) is 0.351. The number of hydrogen-bond acceptors (Lipinski definition) is 5. The van der Waals surface area contributed by atoms with E-state index in [9.17, 15) is 14.4 Å². The molecule has 1 N–H and O–H groups in total. The molecule has 1 saturated heterocycles. The molecule has 0 spiro atoms. The lowest BCUT2D eigenvalue weighted by molar-refractivity contribution is -0.113. The van der Waals surface area contributed by atoms with E-state index in [1.807, 2.05) is 0 Å². The van der Waals surface area contributed by atoms with Crippen LogP contribution in [0, 0.1) is 0 Å². The minimum atomic E-state index is -0.980. The molecule has 9 heteroatoms. The van der Waals surface area contributed by atoms with Crippen molar-refractivity contribution >= 4 is 68.2 Å². The maximum Gasteiger partial charge on any atom is 0.335 e. The Bertz CT molecular complexity index is 1290. The Kier molecular flexibility index (Phi) is 6.88. The Hall–Kier alpha value is -3.07. The number of benzene rings is 3. The minimum Gasteiger partial charge on any atom is -0.488 e. The van der Waals surface area contributed by atoms with Crippen LogP contribution in [0.1, 0.15) is 21.5 Å². The first-order chi connectivity index (χ1) is 15.8. The number of carboxylic acid groups (broad SMARTS) is 1. The zero-order valence-corrected chi connectivity index (χ0v) is 20.0. The van der Waals surface area contributed by atoms with Gasteiger partial charge in [-0.3, -0.25) is 9.59 Å². The van der Waals surface area contributed by atoms with E-state index in [2.05, 4.69) is 15.9 Å². The first kappa shape index (κ1) is 23.1. The number of carbonyl (C=O) groups excluding carboxylic acids is 2. The van der Waals surface area contributed by atoms with Gasteiger partial charge in [-0.25, -0.2) is 9.69 Å². The maximum absolute atomic E-state index is 12.8. The van der Waals surface area contributed by atoms with Gasteiger partial charge >= 0.3 is 5.97 Å². The zero-order chi connectivity index (χ0) is 23.5. The van der Waals surface area contributed by atoms with Crippen LogP contribution in [0.2, 0.25) is 5.02 Å². The van der Waals surface area contributed by atoms with Gasteiger partial charge in [-0.2, -0.15) is 0 Å². The number of imide groups is 1. The highest BCUT2D eigenvalue weighted by molar-refractivity contribution is 9.10. The van der Waals surface area contributed by atoms with Gasteiger partial charge in [0.05, 0.1) is 20.6 Å². The van der Waals surface area contributed by atoms with Crippen LogP contribution in [0.3, 0.4) is 0 Å². The molecule has 1 fully saturated rings. The van der Waals surface area contributed by atoms with E-state index in [1.165, 1.54) is 12.1 Å². The van der Waals surface area contributed by atoms with Crippen LogP contribution in [-0.4, -0.2) is 22.2 Å². The fraction of sp³-hybridized carbons (Fsp3) is 0.0417. The number of ether oxygens (including phenoxy) is 1. The summed E-state index contributed by atoms with van der Waals surface area (Å²) in [5, 5.41) is 9.02. The molecule has 0 aliphatic carbocycles. The first-order valence-corrected chi connectivity index (χ1v) is 11.6. The third kappa shape index (κ3) is 5.30. The molecule has 0 aromatic heterocycles. The van der Waals surface area contributed by atoms with Crippen LogP contribution in [0.15, 0.2) is 76.1 Å². The van der Waals surface area contributed by atoms with Crippen molar-refractivity contribution in [3.05, 3.63) is 97.8 Å². The Balaban J connectivity index is 1.47. The Morgan fingerprint density at radius 3 is 2.52 bits per heavy atom. The van der Waals surface area contributed by atoms with Crippen molar-refractivity contribution in [3.8, 4) is 5.75 Å². The van der Waals surface area contributed by atoms with Crippen molar-refractivity contribution in [2.75, 3.05) is 4.90 Å². The van der Waals surface area contributed by atoms with E-state index >= 15 is 0 Å². The number of anilines is 1. The van der Waals surface area contributed by atoms with Crippen LogP contribution in [0.25, 0.3) is 6.08 Å². The van der Waals surface area contributed by atoms with Gasteiger partial charge < -0.3 is 9.84 Å². The monoisotopic (exact) mass is 543 g/mol. The van der Waals surface area contributed by atoms with Gasteiger partial charge in [-0.1, -0.05) is 35.9 Å². The molecule has 6 nitrogen and oxygen atoms in total. The summed E-state index contributed by atoms with van der Waals surface area (Å²) in [7, 11) is 0. The highest BCUT2D eigenvalue weighted by atomic mass is 79.9. The number of thioether (sulfide) groups is 1. The predicted molar refractivity (Wildman–Crippen MR) is 132 cm³/mol. The molecular weight excluding hydrogens is 530 g/mol. The third-order valence-electron chi connectivity index (χ3n) is 4.71. The van der Waals surface area contributed by atoms with E-state index in [-0.39, 0.29) is 17.4 Å². The van der Waals surface area contributed by atoms with Gasteiger partial charge in [-0.05, 0) is 87.4 Å². The Labute approximate surface area is 206 Å². The molecule has 0 radical (unpaired) electrons. The summed E-state index contributed by atoms with van der Waals surface area (Å²) in [6.45, 7) is 0.260. The van der Waals surface area contributed by atoms with Crippen molar-refractivity contribution in [2.45, 2.75) is 6.61 Å². The van der Waals surface area contributed by atoms with Crippen molar-refractivity contribution in [2.24, 2.45) is 0 Å². The fourth-order valence-corrected chi connectivity index (χ4v) is 4.62. The smallest absolute Gasteiger partial charge is 0.335 e. The molecular formula is C24H15BrClNO5S. The predicted octanol–water partition coefficient (Wildman–Crippen LogP) is 6.62. The van der Waals surface area contributed by atoms with E-state index in [0.717, 1.165) is 27.8 Å². The average Bonchev–Trinajstić information content (AvgIpc) is 3.06. The van der Waals surface area contributed by atoms with Crippen LogP contribution >= 0.6 is 39.3 Å². The van der Waals surface area contributed by atoms with Gasteiger partial charge in [0.25, 0.3) is 11.1 Å². The van der Waals surface area contributed by atoms with Gasteiger partial charge in [0.2, 0.25) is 0 Å². The summed E-state index contributed by atoms with van der Waals surface area (Å²) in [5.41, 5.74) is 2.18. The number of nitrogens with zero attached hydrogens (tertiary/aromatic N) is 1. The molecule has 1 heterocycles. The molecule has 0 saturated carbocycles. The standard InChI is InChI=1S/C24H15BrClNO5S/c25-19-10-15(6-9-20(19)32-13-14-4-7-16(8-5-14)23(29)30)11-21-22(28)27(24(31)33-21)18-3-1-2-17(26)12-18/h1-12H,13H2,(H,29,30)/b21-11+. The van der Waals surface area contributed by atoms with E-state index in [0.29, 0.717) is 25.8 Å². The van der Waals surface area contributed by atoms with Gasteiger partial charge in [0.1, 0.15) is 12.4 Å². The summed E-state index contributed by atoms with van der Waals surface area (Å²) in [6.07, 6.45) is 1.65. The summed E-state index contributed by atoms with van der Waals surface area (Å²) in [5.74, 6) is -0.804. The highest BCUT2D eigenvalue weighted by Crippen LogP contribution is 2.37. The lowest BCUT2D eigenvalue weighted by Crippen LogP contribution is -2.27. The van der Waals surface area contributed by atoms with Crippen molar-refractivity contribution < 1.29 is 24.2 Å². The summed E-state index contributed by atoms with van der Waals surface area (Å²) in [6, 6.07) is 18.3. The molecule has 1 aliphatic heterocycles. The van der Waals surface area contributed by atoms with E-state index in [4.69, 9.17) is 21.4 Å². The van der Waals surface area contributed by atoms with Gasteiger partial charge in [0, 0.05) is 5.02 Å². The zero-order valence-electron chi connectivity index (χ0n) is 16.8. The Morgan fingerprint density at radius 2 is 1.85 bits per heavy atom. The van der Waals surface area contributed by atoms with Crippen LogP contribution in [-0.2, 0) is 11.4 Å². The van der Waals surface area contributed by atoms with Crippen LogP contribution in [0.4, 0.5) is 10.5 Å². The van der Waals surface area contributed by atoms with Crippen molar-refractivity contribution in [1.29, 1.82) is 0 Å². The molecule has 33 heavy (non-hydrogen) atoms. The Morgan fingerprint density at radius 1 is 1.09 bits per heavy atom. The molecule has 3 aromatic rings. The summed E-state index contributed by atoms with van der Waals surface area (Å²) in [4.78, 5) is 37.6. The van der Waals surface area contributed by atoms with Crippen LogP contribution < -0.4 is 9.64 Å². The molecule has 0 bridgehead atoms. The number of carboxylic acids is 1. The maximum atomic E-state index is 12.8. The largest absolute Gasteiger partial charge is 0.488 e. The second-order valence-corrected chi connectivity index (χ2v) is 9.26. The second kappa shape index (κ2) is 9.82. The SMILES string of the molecule is O=C(O)c1ccc(COc2ccc(/C=C3/SC(=O)N(c4cccc(Cl)c4)C3=O)cc2Br)cc1. The second-order valence-electron chi connectivity index (χ2n) is 6.98. The average molecular weight is 545 g/mol. The third-order valence-corrected chi connectivity index (χ3v) is 6.43. The topological polar surface area (TPSA) is 83.9 Å². The molecule has 4 rings (SSSR count). The molecule has 2 amide bonds.